The summed E-state index contributed by atoms with van der Waals surface area (Å²) in [5, 5.41) is 3.41. The van der Waals surface area contributed by atoms with Gasteiger partial charge in [-0.15, -0.1) is 0 Å². The Labute approximate surface area is 133 Å². The van der Waals surface area contributed by atoms with E-state index in [0.29, 0.717) is 0 Å². The Morgan fingerprint density at radius 1 is 0.955 bits per heavy atom. The molecule has 4 nitrogen and oxygen atoms in total. The van der Waals surface area contributed by atoms with Crippen LogP contribution in [0.4, 0.5) is 5.82 Å². The van der Waals surface area contributed by atoms with Crippen molar-refractivity contribution < 1.29 is 0 Å². The van der Waals surface area contributed by atoms with Gasteiger partial charge >= 0.3 is 0 Å². The molecule has 1 fully saturated rings. The first-order valence-electron chi connectivity index (χ1n) is 8.11. The second kappa shape index (κ2) is 5.51. The predicted octanol–water partition coefficient (Wildman–Crippen LogP) is 2.95. The van der Waals surface area contributed by atoms with Crippen molar-refractivity contribution in [2.45, 2.75) is 40.0 Å². The van der Waals surface area contributed by atoms with Gasteiger partial charge in [-0.25, -0.2) is 9.97 Å². The zero-order chi connectivity index (χ0) is 15.9. The van der Waals surface area contributed by atoms with Crippen molar-refractivity contribution in [3.05, 3.63) is 29.0 Å². The molecule has 1 aliphatic heterocycles. The van der Waals surface area contributed by atoms with E-state index in [4.69, 9.17) is 9.97 Å². The monoisotopic (exact) mass is 298 g/mol. The van der Waals surface area contributed by atoms with Gasteiger partial charge in [0.2, 0.25) is 0 Å². The maximum Gasteiger partial charge on any atom is 0.151 e. The van der Waals surface area contributed by atoms with E-state index in [1.54, 1.807) is 0 Å². The smallest absolute Gasteiger partial charge is 0.151 e. The number of anilines is 1. The third-order valence-corrected chi connectivity index (χ3v) is 4.39. The Hall–Kier alpha value is -1.68. The van der Waals surface area contributed by atoms with E-state index in [1.807, 2.05) is 0 Å². The van der Waals surface area contributed by atoms with Gasteiger partial charge < -0.3 is 10.2 Å². The molecule has 4 heteroatoms. The molecule has 0 amide bonds. The lowest BCUT2D eigenvalue weighted by atomic mass is 9.91. The summed E-state index contributed by atoms with van der Waals surface area (Å²) in [7, 11) is 0. The van der Waals surface area contributed by atoms with Crippen molar-refractivity contribution in [1.29, 1.82) is 0 Å². The minimum atomic E-state index is -0.0137. The van der Waals surface area contributed by atoms with Gasteiger partial charge in [-0.3, -0.25) is 0 Å². The van der Waals surface area contributed by atoms with Crippen LogP contribution in [0, 0.1) is 13.8 Å². The van der Waals surface area contributed by atoms with Crippen molar-refractivity contribution in [3.63, 3.8) is 0 Å². The summed E-state index contributed by atoms with van der Waals surface area (Å²) in [5.74, 6) is 1.06. The van der Waals surface area contributed by atoms with Crippen LogP contribution in [0.15, 0.2) is 12.1 Å². The summed E-state index contributed by atoms with van der Waals surface area (Å²) in [6, 6.07) is 4.32. The first-order chi connectivity index (χ1) is 10.4. The van der Waals surface area contributed by atoms with Gasteiger partial charge in [0.25, 0.3) is 0 Å². The van der Waals surface area contributed by atoms with Crippen molar-refractivity contribution >= 4 is 16.9 Å². The maximum absolute atomic E-state index is 5.00. The highest BCUT2D eigenvalue weighted by Crippen LogP contribution is 2.31. The van der Waals surface area contributed by atoms with Crippen LogP contribution in [0.1, 0.15) is 37.6 Å². The van der Waals surface area contributed by atoms with E-state index in [1.165, 1.54) is 11.1 Å². The molecule has 0 unspecified atom stereocenters. The molecular formula is C18H26N4. The Balaban J connectivity index is 2.20. The maximum atomic E-state index is 5.00. The van der Waals surface area contributed by atoms with E-state index in [0.717, 1.165) is 48.7 Å². The van der Waals surface area contributed by atoms with Crippen LogP contribution in [0.2, 0.25) is 0 Å². The van der Waals surface area contributed by atoms with Crippen LogP contribution in [0.25, 0.3) is 11.0 Å². The zero-order valence-electron chi connectivity index (χ0n) is 14.3. The molecular weight excluding hydrogens is 272 g/mol. The number of nitrogens with one attached hydrogen (secondary N) is 1. The zero-order valence-corrected chi connectivity index (χ0v) is 14.3. The summed E-state index contributed by atoms with van der Waals surface area (Å²) in [5.41, 5.74) is 5.65. The summed E-state index contributed by atoms with van der Waals surface area (Å²) >= 11 is 0. The average molecular weight is 298 g/mol. The topological polar surface area (TPSA) is 41.1 Å². The van der Waals surface area contributed by atoms with Gasteiger partial charge in [-0.2, -0.15) is 0 Å². The van der Waals surface area contributed by atoms with Crippen molar-refractivity contribution in [2.24, 2.45) is 0 Å². The molecule has 0 spiro atoms. The van der Waals surface area contributed by atoms with Crippen molar-refractivity contribution in [1.82, 2.24) is 15.3 Å². The predicted molar refractivity (Wildman–Crippen MR) is 92.8 cm³/mol. The number of piperazine rings is 1. The molecule has 0 radical (unpaired) electrons. The van der Waals surface area contributed by atoms with Crippen LogP contribution < -0.4 is 10.2 Å². The number of fused-ring (bicyclic) bond motifs is 1. The number of rotatable bonds is 1. The van der Waals surface area contributed by atoms with Gasteiger partial charge in [0.05, 0.1) is 16.7 Å². The van der Waals surface area contributed by atoms with Gasteiger partial charge in [-0.1, -0.05) is 20.8 Å². The van der Waals surface area contributed by atoms with Crippen LogP contribution in [-0.2, 0) is 5.41 Å². The Kier molecular flexibility index (Phi) is 3.81. The van der Waals surface area contributed by atoms with E-state index in [9.17, 15) is 0 Å². The standard InChI is InChI=1S/C18H26N4/c1-12-10-14-15(11-13(12)2)21-17(16(20-14)18(3,4)5)22-8-6-19-7-9-22/h10-11,19H,6-9H2,1-5H3. The highest BCUT2D eigenvalue weighted by atomic mass is 15.2. The number of benzene rings is 1. The third kappa shape index (κ3) is 2.80. The van der Waals surface area contributed by atoms with Gasteiger partial charge in [0.15, 0.2) is 5.82 Å². The lowest BCUT2D eigenvalue weighted by Crippen LogP contribution is -2.45. The summed E-state index contributed by atoms with van der Waals surface area (Å²) in [6.45, 7) is 14.9. The second-order valence-electron chi connectivity index (χ2n) is 7.31. The minimum absolute atomic E-state index is 0.0137. The SMILES string of the molecule is Cc1cc2nc(N3CCNCC3)c(C(C)(C)C)nc2cc1C. The Bertz CT molecular complexity index is 694. The molecule has 1 aliphatic rings. The van der Waals surface area contributed by atoms with Crippen LogP contribution >= 0.6 is 0 Å². The molecule has 2 aromatic rings. The molecule has 0 saturated carbocycles. The molecule has 118 valence electrons. The Morgan fingerprint density at radius 3 is 2.05 bits per heavy atom. The van der Waals surface area contributed by atoms with Gasteiger partial charge in [0.1, 0.15) is 0 Å². The Morgan fingerprint density at radius 2 is 1.50 bits per heavy atom. The molecule has 0 atom stereocenters. The number of aromatic nitrogens is 2. The lowest BCUT2D eigenvalue weighted by Gasteiger charge is -2.32. The highest BCUT2D eigenvalue weighted by molar-refractivity contribution is 5.79. The van der Waals surface area contributed by atoms with E-state index >= 15 is 0 Å². The van der Waals surface area contributed by atoms with Crippen LogP contribution in [0.5, 0.6) is 0 Å². The molecule has 2 heterocycles. The number of hydrogen-bond acceptors (Lipinski definition) is 4. The average Bonchev–Trinajstić information content (AvgIpc) is 2.47. The number of hydrogen-bond donors (Lipinski definition) is 1. The van der Waals surface area contributed by atoms with Gasteiger partial charge in [0, 0.05) is 31.6 Å². The van der Waals surface area contributed by atoms with E-state index in [2.05, 4.69) is 57.0 Å². The summed E-state index contributed by atoms with van der Waals surface area (Å²) in [4.78, 5) is 12.4. The van der Waals surface area contributed by atoms with Crippen LogP contribution in [-0.4, -0.2) is 36.1 Å². The first kappa shape index (κ1) is 15.2. The first-order valence-corrected chi connectivity index (χ1v) is 8.11. The van der Waals surface area contributed by atoms with Crippen molar-refractivity contribution in [2.75, 3.05) is 31.1 Å². The molecule has 22 heavy (non-hydrogen) atoms. The quantitative estimate of drug-likeness (QED) is 0.879. The fourth-order valence-electron chi connectivity index (χ4n) is 2.90. The molecule has 3 rings (SSSR count). The molecule has 0 aliphatic carbocycles. The third-order valence-electron chi connectivity index (χ3n) is 4.39. The number of aryl methyl sites for hydroxylation is 2. The molecule has 1 saturated heterocycles. The van der Waals surface area contributed by atoms with E-state index in [-0.39, 0.29) is 5.41 Å². The molecule has 1 aromatic heterocycles. The fourth-order valence-corrected chi connectivity index (χ4v) is 2.90. The highest BCUT2D eigenvalue weighted by Gasteiger charge is 2.26. The summed E-state index contributed by atoms with van der Waals surface area (Å²) in [6.07, 6.45) is 0. The largest absolute Gasteiger partial charge is 0.353 e. The van der Waals surface area contributed by atoms with Crippen molar-refractivity contribution in [3.8, 4) is 0 Å². The molecule has 1 aromatic carbocycles. The minimum Gasteiger partial charge on any atom is -0.353 e. The number of nitrogens with zero attached hydrogens (tertiary/aromatic N) is 3. The fraction of sp³-hybridized carbons (Fsp3) is 0.556. The second-order valence-corrected chi connectivity index (χ2v) is 7.31. The summed E-state index contributed by atoms with van der Waals surface area (Å²) < 4.78 is 0. The van der Waals surface area contributed by atoms with Gasteiger partial charge in [-0.05, 0) is 37.1 Å². The normalized spacial score (nSPS) is 16.3. The molecule has 0 bridgehead atoms. The van der Waals surface area contributed by atoms with E-state index < -0.39 is 0 Å². The molecule has 1 N–H and O–H groups in total. The lowest BCUT2D eigenvalue weighted by molar-refractivity contribution is 0.546. The van der Waals surface area contributed by atoms with Crippen LogP contribution in [0.3, 0.4) is 0 Å².